The van der Waals surface area contributed by atoms with Crippen molar-refractivity contribution < 1.29 is 19.1 Å². The van der Waals surface area contributed by atoms with Crippen molar-refractivity contribution in [3.8, 4) is 0 Å². The molecule has 0 unspecified atom stereocenters. The van der Waals surface area contributed by atoms with Gasteiger partial charge in [-0.3, -0.25) is 9.59 Å². The van der Waals surface area contributed by atoms with E-state index in [1.54, 1.807) is 27.7 Å². The molecule has 0 aromatic heterocycles. The average molecular weight is 258 g/mol. The van der Waals surface area contributed by atoms with E-state index >= 15 is 0 Å². The zero-order valence-electron chi connectivity index (χ0n) is 12.2. The molecule has 4 nitrogen and oxygen atoms in total. The maximum Gasteiger partial charge on any atom is 0.311 e. The second-order valence-electron chi connectivity index (χ2n) is 5.11. The van der Waals surface area contributed by atoms with Crippen LogP contribution in [0, 0.1) is 11.8 Å². The van der Waals surface area contributed by atoms with E-state index in [1.807, 2.05) is 0 Å². The molecule has 0 spiro atoms. The molecule has 0 saturated carbocycles. The smallest absolute Gasteiger partial charge is 0.311 e. The van der Waals surface area contributed by atoms with Crippen molar-refractivity contribution in [3.05, 3.63) is 0 Å². The van der Waals surface area contributed by atoms with Gasteiger partial charge in [0.1, 0.15) is 0 Å². The molecule has 0 aliphatic heterocycles. The quantitative estimate of drug-likeness (QED) is 0.381. The highest BCUT2D eigenvalue weighted by atomic mass is 16.7. The molecule has 0 aliphatic rings. The van der Waals surface area contributed by atoms with Crippen molar-refractivity contribution in [3.63, 3.8) is 0 Å². The molecule has 0 rings (SSSR count). The van der Waals surface area contributed by atoms with E-state index in [0.29, 0.717) is 6.42 Å². The topological polar surface area (TPSA) is 52.6 Å². The minimum Gasteiger partial charge on any atom is -0.425 e. The van der Waals surface area contributed by atoms with Crippen molar-refractivity contribution in [2.24, 2.45) is 11.8 Å². The molecule has 0 bridgehead atoms. The van der Waals surface area contributed by atoms with Crippen LogP contribution < -0.4 is 0 Å². The summed E-state index contributed by atoms with van der Waals surface area (Å²) in [5.74, 6) is -1.08. The van der Waals surface area contributed by atoms with Crippen LogP contribution in [-0.4, -0.2) is 18.2 Å². The predicted octanol–water partition coefficient (Wildman–Crippen LogP) is 3.29. The van der Waals surface area contributed by atoms with Gasteiger partial charge in [0.05, 0.1) is 11.8 Å². The van der Waals surface area contributed by atoms with Crippen molar-refractivity contribution in [1.82, 2.24) is 0 Å². The highest BCUT2D eigenvalue weighted by Crippen LogP contribution is 2.13. The SMILES string of the molecule is CCCCCC(OC(=O)C(C)C)OC(=O)C(C)C. The van der Waals surface area contributed by atoms with Crippen molar-refractivity contribution in [2.45, 2.75) is 66.6 Å². The maximum absolute atomic E-state index is 11.5. The summed E-state index contributed by atoms with van der Waals surface area (Å²) in [6, 6.07) is 0. The Balaban J connectivity index is 4.32. The van der Waals surface area contributed by atoms with Crippen LogP contribution >= 0.6 is 0 Å². The molecule has 0 aromatic rings. The first-order valence-electron chi connectivity index (χ1n) is 6.79. The maximum atomic E-state index is 11.5. The molecule has 0 heterocycles. The monoisotopic (exact) mass is 258 g/mol. The van der Waals surface area contributed by atoms with E-state index in [2.05, 4.69) is 6.92 Å². The molecule has 0 aromatic carbocycles. The van der Waals surface area contributed by atoms with Crippen molar-refractivity contribution in [2.75, 3.05) is 0 Å². The third-order valence-corrected chi connectivity index (χ3v) is 2.48. The second-order valence-corrected chi connectivity index (χ2v) is 5.11. The van der Waals surface area contributed by atoms with E-state index in [4.69, 9.17) is 9.47 Å². The molecule has 4 heteroatoms. The zero-order chi connectivity index (χ0) is 14.1. The summed E-state index contributed by atoms with van der Waals surface area (Å²) in [6.45, 7) is 9.13. The van der Waals surface area contributed by atoms with Crippen molar-refractivity contribution in [1.29, 1.82) is 0 Å². The molecule has 18 heavy (non-hydrogen) atoms. The van der Waals surface area contributed by atoms with Crippen molar-refractivity contribution >= 4 is 11.9 Å². The Morgan fingerprint density at radius 1 is 0.889 bits per heavy atom. The summed E-state index contributed by atoms with van der Waals surface area (Å²) in [7, 11) is 0. The molecular weight excluding hydrogens is 232 g/mol. The van der Waals surface area contributed by atoms with E-state index in [9.17, 15) is 9.59 Å². The predicted molar refractivity (Wildman–Crippen MR) is 69.8 cm³/mol. The average Bonchev–Trinajstić information content (AvgIpc) is 2.28. The Hall–Kier alpha value is -1.06. The zero-order valence-corrected chi connectivity index (χ0v) is 12.2. The van der Waals surface area contributed by atoms with Gasteiger partial charge in [0.2, 0.25) is 6.29 Å². The van der Waals surface area contributed by atoms with Crippen LogP contribution in [0.4, 0.5) is 0 Å². The fourth-order valence-electron chi connectivity index (χ4n) is 1.23. The molecule has 0 fully saturated rings. The standard InChI is InChI=1S/C14H26O4/c1-6-7-8-9-12(17-13(15)10(2)3)18-14(16)11(4)5/h10-12H,6-9H2,1-5H3. The van der Waals surface area contributed by atoms with E-state index in [0.717, 1.165) is 19.3 Å². The fraction of sp³-hybridized carbons (Fsp3) is 0.857. The molecule has 0 radical (unpaired) electrons. The lowest BCUT2D eigenvalue weighted by atomic mass is 10.2. The fourth-order valence-corrected chi connectivity index (χ4v) is 1.23. The molecule has 0 N–H and O–H groups in total. The second kappa shape index (κ2) is 8.95. The lowest BCUT2D eigenvalue weighted by molar-refractivity contribution is -0.193. The Kier molecular flexibility index (Phi) is 8.42. The Bertz CT molecular complexity index is 237. The highest BCUT2D eigenvalue weighted by molar-refractivity contribution is 5.73. The summed E-state index contributed by atoms with van der Waals surface area (Å²) in [5, 5.41) is 0. The summed E-state index contributed by atoms with van der Waals surface area (Å²) < 4.78 is 10.4. The lowest BCUT2D eigenvalue weighted by Gasteiger charge is -2.20. The van der Waals surface area contributed by atoms with Gasteiger partial charge in [-0.2, -0.15) is 0 Å². The number of carbonyl (C=O) groups is 2. The van der Waals surface area contributed by atoms with Gasteiger partial charge in [-0.05, 0) is 6.42 Å². The van der Waals surface area contributed by atoms with Gasteiger partial charge in [-0.15, -0.1) is 0 Å². The van der Waals surface area contributed by atoms with Crippen LogP contribution in [0.2, 0.25) is 0 Å². The first-order chi connectivity index (χ1) is 8.38. The van der Waals surface area contributed by atoms with Gasteiger partial charge in [0, 0.05) is 6.42 Å². The molecule has 0 amide bonds. The van der Waals surface area contributed by atoms with Crippen LogP contribution in [0.25, 0.3) is 0 Å². The van der Waals surface area contributed by atoms with Crippen LogP contribution in [0.5, 0.6) is 0 Å². The first-order valence-corrected chi connectivity index (χ1v) is 6.79. The molecule has 0 saturated heterocycles. The number of hydrogen-bond donors (Lipinski definition) is 0. The normalized spacial score (nSPS) is 11.1. The van der Waals surface area contributed by atoms with Crippen LogP contribution in [0.15, 0.2) is 0 Å². The number of carbonyl (C=O) groups excluding carboxylic acids is 2. The van der Waals surface area contributed by atoms with Gasteiger partial charge in [-0.1, -0.05) is 47.5 Å². The Morgan fingerprint density at radius 3 is 1.67 bits per heavy atom. The first kappa shape index (κ1) is 16.9. The summed E-state index contributed by atoms with van der Waals surface area (Å²) >= 11 is 0. The van der Waals surface area contributed by atoms with Crippen LogP contribution in [0.3, 0.4) is 0 Å². The van der Waals surface area contributed by atoms with E-state index in [1.165, 1.54) is 0 Å². The van der Waals surface area contributed by atoms with Gasteiger partial charge in [0.15, 0.2) is 0 Å². The largest absolute Gasteiger partial charge is 0.425 e. The van der Waals surface area contributed by atoms with Gasteiger partial charge < -0.3 is 9.47 Å². The van der Waals surface area contributed by atoms with Gasteiger partial charge >= 0.3 is 11.9 Å². The molecular formula is C14H26O4. The van der Waals surface area contributed by atoms with E-state index in [-0.39, 0.29) is 23.8 Å². The molecule has 106 valence electrons. The van der Waals surface area contributed by atoms with E-state index < -0.39 is 6.29 Å². The molecule has 0 aliphatic carbocycles. The minimum atomic E-state index is -0.735. The minimum absolute atomic E-state index is 0.212. The third kappa shape index (κ3) is 7.30. The number of ether oxygens (including phenoxy) is 2. The third-order valence-electron chi connectivity index (χ3n) is 2.48. The van der Waals surface area contributed by atoms with Crippen LogP contribution in [0.1, 0.15) is 60.3 Å². The number of hydrogen-bond acceptors (Lipinski definition) is 4. The van der Waals surface area contributed by atoms with Crippen LogP contribution in [-0.2, 0) is 19.1 Å². The van der Waals surface area contributed by atoms with Gasteiger partial charge in [-0.25, -0.2) is 0 Å². The Labute approximate surface area is 110 Å². The lowest BCUT2D eigenvalue weighted by Crippen LogP contribution is -2.28. The summed E-state index contributed by atoms with van der Waals surface area (Å²) in [5.41, 5.74) is 0. The Morgan fingerprint density at radius 2 is 1.33 bits per heavy atom. The number of unbranched alkanes of at least 4 members (excludes halogenated alkanes) is 2. The summed E-state index contributed by atoms with van der Waals surface area (Å²) in [6.07, 6.45) is 2.84. The summed E-state index contributed by atoms with van der Waals surface area (Å²) in [4.78, 5) is 23.0. The molecule has 0 atom stereocenters. The van der Waals surface area contributed by atoms with Gasteiger partial charge in [0.25, 0.3) is 0 Å². The number of esters is 2. The number of rotatable bonds is 8. The highest BCUT2D eigenvalue weighted by Gasteiger charge is 2.21.